The number of pyridine rings is 1. The van der Waals surface area contributed by atoms with Gasteiger partial charge in [-0.1, -0.05) is 0 Å². The lowest BCUT2D eigenvalue weighted by Crippen LogP contribution is -2.38. The lowest BCUT2D eigenvalue weighted by molar-refractivity contribution is -0.138. The van der Waals surface area contributed by atoms with E-state index in [1.807, 2.05) is 0 Å². The quantitative estimate of drug-likeness (QED) is 0.500. The molecule has 8 nitrogen and oxygen atoms in total. The number of aldehydes is 1. The van der Waals surface area contributed by atoms with Gasteiger partial charge in [0.15, 0.2) is 0 Å². The fourth-order valence-corrected chi connectivity index (χ4v) is 4.42. The number of fused-ring (bicyclic) bond motifs is 1. The lowest BCUT2D eigenvalue weighted by Gasteiger charge is -2.18. The first kappa shape index (κ1) is 21.6. The minimum absolute atomic E-state index is 0.0546. The summed E-state index contributed by atoms with van der Waals surface area (Å²) < 4.78 is 42.5. The summed E-state index contributed by atoms with van der Waals surface area (Å²) in [5, 5.41) is 10.0. The van der Waals surface area contributed by atoms with E-state index in [1.165, 1.54) is 0 Å². The van der Waals surface area contributed by atoms with Crippen molar-refractivity contribution in [2.75, 3.05) is 0 Å². The van der Waals surface area contributed by atoms with E-state index in [4.69, 9.17) is 0 Å². The Morgan fingerprint density at radius 2 is 2.00 bits per heavy atom. The number of rotatable bonds is 9. The number of aliphatic carboxylic acids is 1. The second-order valence-electron chi connectivity index (χ2n) is 6.85. The second kappa shape index (κ2) is 8.72. The molecule has 3 rings (SSSR count). The number of carbonyl (C=O) groups is 2. The number of hydrogen-bond donors (Lipinski definition) is 2. The molecule has 0 spiro atoms. The third-order valence-electron chi connectivity index (χ3n) is 4.75. The molecule has 0 aliphatic rings. The minimum atomic E-state index is -4.00. The Morgan fingerprint density at radius 3 is 2.63 bits per heavy atom. The van der Waals surface area contributed by atoms with Gasteiger partial charge in [0.1, 0.15) is 17.8 Å². The molecule has 0 radical (unpaired) electrons. The highest BCUT2D eigenvalue weighted by atomic mass is 32.2. The van der Waals surface area contributed by atoms with Crippen LogP contribution in [0.15, 0.2) is 53.7 Å². The summed E-state index contributed by atoms with van der Waals surface area (Å²) in [7, 11) is -4.00. The van der Waals surface area contributed by atoms with Crippen LogP contribution in [0.25, 0.3) is 11.0 Å². The molecule has 2 N–H and O–H groups in total. The van der Waals surface area contributed by atoms with Gasteiger partial charge in [-0.3, -0.25) is 4.79 Å². The number of halogens is 1. The van der Waals surface area contributed by atoms with Crippen LogP contribution in [0.2, 0.25) is 0 Å². The molecule has 0 aliphatic heterocycles. The fourth-order valence-electron chi connectivity index (χ4n) is 3.18. The molecule has 158 valence electrons. The SMILES string of the molecule is CC(C(=O)O)c1cn(C[C@H](CC=O)NS(=O)(=O)c2ccc(F)cc2)c2ncccc12. The average Bonchev–Trinajstić information content (AvgIpc) is 3.06. The molecule has 1 unspecified atom stereocenters. The highest BCUT2D eigenvalue weighted by Gasteiger charge is 2.24. The molecule has 0 amide bonds. The number of carbonyl (C=O) groups excluding carboxylic acids is 1. The van der Waals surface area contributed by atoms with Crippen LogP contribution in [0.4, 0.5) is 4.39 Å². The summed E-state index contributed by atoms with van der Waals surface area (Å²) >= 11 is 0. The largest absolute Gasteiger partial charge is 0.481 e. The second-order valence-corrected chi connectivity index (χ2v) is 8.56. The average molecular weight is 433 g/mol. The molecule has 0 aliphatic carbocycles. The molecule has 0 fully saturated rings. The van der Waals surface area contributed by atoms with Crippen molar-refractivity contribution in [1.82, 2.24) is 14.3 Å². The van der Waals surface area contributed by atoms with Crippen molar-refractivity contribution in [2.24, 2.45) is 0 Å². The highest BCUT2D eigenvalue weighted by molar-refractivity contribution is 7.89. The van der Waals surface area contributed by atoms with Gasteiger partial charge in [-0.15, -0.1) is 0 Å². The van der Waals surface area contributed by atoms with Crippen LogP contribution in [-0.4, -0.2) is 41.4 Å². The molecule has 0 saturated heterocycles. The third kappa shape index (κ3) is 4.55. The van der Waals surface area contributed by atoms with E-state index in [-0.39, 0.29) is 17.9 Å². The number of carboxylic acid groups (broad SMARTS) is 1. The zero-order valence-corrected chi connectivity index (χ0v) is 16.8. The van der Waals surface area contributed by atoms with Crippen molar-refractivity contribution >= 4 is 33.3 Å². The standard InChI is InChI=1S/C20H20FN3O5S/c1-13(20(26)27)18-12-24(19-17(18)3-2-9-22-19)11-15(8-10-25)23-30(28,29)16-6-4-14(21)5-7-16/h2-7,9-10,12-13,15,23H,8,11H2,1H3,(H,26,27)/t13?,15-/m0/s1. The zero-order valence-electron chi connectivity index (χ0n) is 16.0. The normalized spacial score (nSPS) is 13.8. The van der Waals surface area contributed by atoms with Gasteiger partial charge >= 0.3 is 5.97 Å². The van der Waals surface area contributed by atoms with Crippen molar-refractivity contribution in [3.8, 4) is 0 Å². The highest BCUT2D eigenvalue weighted by Crippen LogP contribution is 2.27. The van der Waals surface area contributed by atoms with Crippen LogP contribution in [0.5, 0.6) is 0 Å². The maximum atomic E-state index is 13.1. The van der Waals surface area contributed by atoms with Gasteiger partial charge in [0.05, 0.1) is 10.8 Å². The predicted molar refractivity (Wildman–Crippen MR) is 107 cm³/mol. The molecule has 30 heavy (non-hydrogen) atoms. The van der Waals surface area contributed by atoms with E-state index in [9.17, 15) is 27.5 Å². The third-order valence-corrected chi connectivity index (χ3v) is 6.28. The first-order chi connectivity index (χ1) is 14.2. The van der Waals surface area contributed by atoms with Crippen LogP contribution in [-0.2, 0) is 26.2 Å². The topological polar surface area (TPSA) is 118 Å². The maximum Gasteiger partial charge on any atom is 0.310 e. The van der Waals surface area contributed by atoms with Gasteiger partial charge < -0.3 is 14.5 Å². The number of sulfonamides is 1. The Morgan fingerprint density at radius 1 is 1.30 bits per heavy atom. The number of carboxylic acids is 1. The van der Waals surface area contributed by atoms with Crippen LogP contribution >= 0.6 is 0 Å². The van der Waals surface area contributed by atoms with Crippen molar-refractivity contribution in [3.05, 3.63) is 60.2 Å². The summed E-state index contributed by atoms with van der Waals surface area (Å²) in [6.07, 6.45) is 3.64. The van der Waals surface area contributed by atoms with Crippen molar-refractivity contribution in [1.29, 1.82) is 0 Å². The van der Waals surface area contributed by atoms with Gasteiger partial charge in [-0.2, -0.15) is 0 Å². The van der Waals surface area contributed by atoms with Crippen LogP contribution in [0.1, 0.15) is 24.8 Å². The number of nitrogens with one attached hydrogen (secondary N) is 1. The van der Waals surface area contributed by atoms with E-state index in [0.717, 1.165) is 24.3 Å². The Labute approximate surface area is 172 Å². The van der Waals surface area contributed by atoms with Gasteiger partial charge in [-0.05, 0) is 48.9 Å². The Bertz CT molecular complexity index is 1170. The molecule has 0 bridgehead atoms. The van der Waals surface area contributed by atoms with Gasteiger partial charge in [0.25, 0.3) is 0 Å². The Balaban J connectivity index is 1.93. The number of benzene rings is 1. The molecular weight excluding hydrogens is 413 g/mol. The van der Waals surface area contributed by atoms with Crippen LogP contribution in [0.3, 0.4) is 0 Å². The van der Waals surface area contributed by atoms with Gasteiger partial charge in [0.2, 0.25) is 10.0 Å². The Hall–Kier alpha value is -3.11. The van der Waals surface area contributed by atoms with E-state index < -0.39 is 33.8 Å². The summed E-state index contributed by atoms with van der Waals surface area (Å²) in [5.74, 6) is -2.36. The molecule has 3 aromatic rings. The van der Waals surface area contributed by atoms with E-state index in [2.05, 4.69) is 9.71 Å². The monoisotopic (exact) mass is 433 g/mol. The maximum absolute atomic E-state index is 13.1. The molecule has 10 heteroatoms. The lowest BCUT2D eigenvalue weighted by atomic mass is 10.0. The molecular formula is C20H20FN3O5S. The van der Waals surface area contributed by atoms with E-state index in [1.54, 1.807) is 36.0 Å². The van der Waals surface area contributed by atoms with Gasteiger partial charge in [0, 0.05) is 36.8 Å². The summed E-state index contributed by atoms with van der Waals surface area (Å²) in [5.41, 5.74) is 1.02. The number of nitrogens with zero attached hydrogens (tertiary/aromatic N) is 2. The smallest absolute Gasteiger partial charge is 0.310 e. The first-order valence-electron chi connectivity index (χ1n) is 9.11. The van der Waals surface area contributed by atoms with Crippen LogP contribution < -0.4 is 4.72 Å². The Kier molecular flexibility index (Phi) is 6.28. The summed E-state index contributed by atoms with van der Waals surface area (Å²) in [4.78, 5) is 26.8. The molecule has 0 saturated carbocycles. The van der Waals surface area contributed by atoms with Crippen LogP contribution in [0, 0.1) is 5.82 Å². The number of hydrogen-bond acceptors (Lipinski definition) is 5. The van der Waals surface area contributed by atoms with Crippen molar-refractivity contribution in [2.45, 2.75) is 36.7 Å². The molecule has 2 heterocycles. The first-order valence-corrected chi connectivity index (χ1v) is 10.6. The van der Waals surface area contributed by atoms with Gasteiger partial charge in [-0.25, -0.2) is 22.5 Å². The number of aromatic nitrogens is 2. The van der Waals surface area contributed by atoms with E-state index >= 15 is 0 Å². The zero-order chi connectivity index (χ0) is 21.9. The van der Waals surface area contributed by atoms with Crippen molar-refractivity contribution in [3.63, 3.8) is 0 Å². The summed E-state index contributed by atoms with van der Waals surface area (Å²) in [6, 6.07) is 6.95. The summed E-state index contributed by atoms with van der Waals surface area (Å²) in [6.45, 7) is 1.60. The predicted octanol–water partition coefficient (Wildman–Crippen LogP) is 2.30. The molecule has 2 atom stereocenters. The molecule has 1 aromatic carbocycles. The minimum Gasteiger partial charge on any atom is -0.481 e. The van der Waals surface area contributed by atoms with Crippen molar-refractivity contribution < 1.29 is 27.5 Å². The fraction of sp³-hybridized carbons (Fsp3) is 0.250. The van der Waals surface area contributed by atoms with E-state index in [0.29, 0.717) is 22.9 Å². The molecule has 2 aromatic heterocycles.